The maximum Gasteiger partial charge on any atom is 0.321 e. The van der Waals surface area contributed by atoms with E-state index < -0.39 is 18.1 Å². The molecule has 7 heteroatoms. The number of nitrogens with zero attached hydrogens (tertiary/aromatic N) is 2. The molecular weight excluding hydrogens is 488 g/mol. The molecule has 0 aliphatic rings. The van der Waals surface area contributed by atoms with E-state index >= 15 is 0 Å². The minimum Gasteiger partial charge on any atom is -0.480 e. The Labute approximate surface area is 227 Å². The minimum atomic E-state index is -1.02. The molecule has 4 aromatic carbocycles. The number of imidazole rings is 1. The summed E-state index contributed by atoms with van der Waals surface area (Å²) >= 11 is 0. The second kappa shape index (κ2) is 12.2. The Bertz CT molecular complexity index is 1550. The molecule has 0 saturated carbocycles. The molecule has 2 atom stereocenters. The maximum absolute atomic E-state index is 13.6. The first-order valence-corrected chi connectivity index (χ1v) is 12.9. The van der Waals surface area contributed by atoms with Crippen LogP contribution in [0, 0.1) is 0 Å². The number of anilines is 1. The zero-order chi connectivity index (χ0) is 27.0. The zero-order valence-electron chi connectivity index (χ0n) is 21.4. The summed E-state index contributed by atoms with van der Waals surface area (Å²) in [5, 5.41) is 18.2. The number of carbonyl (C=O) groups excluding carboxylic acids is 1. The number of aliphatic carboxylic acids is 1. The summed E-state index contributed by atoms with van der Waals surface area (Å²) in [6, 6.07) is 31.3. The Morgan fingerprint density at radius 3 is 2.15 bits per heavy atom. The van der Waals surface area contributed by atoms with Gasteiger partial charge in [-0.1, -0.05) is 91.0 Å². The molecule has 1 heterocycles. The van der Waals surface area contributed by atoms with Crippen molar-refractivity contribution < 1.29 is 14.7 Å². The molecule has 5 aromatic rings. The third-order valence-electron chi connectivity index (χ3n) is 6.62. The Hall–Kier alpha value is -4.75. The highest BCUT2D eigenvalue weighted by Gasteiger charge is 2.27. The third-order valence-corrected chi connectivity index (χ3v) is 6.62. The highest BCUT2D eigenvalue weighted by Crippen LogP contribution is 2.19. The fourth-order valence-corrected chi connectivity index (χ4v) is 4.64. The van der Waals surface area contributed by atoms with E-state index in [1.165, 1.54) is 0 Å². The molecule has 7 nitrogen and oxygen atoms in total. The number of amides is 1. The summed E-state index contributed by atoms with van der Waals surface area (Å²) in [6.45, 7) is 0.654. The van der Waals surface area contributed by atoms with Crippen LogP contribution in [0.15, 0.2) is 116 Å². The van der Waals surface area contributed by atoms with Gasteiger partial charge < -0.3 is 15.0 Å². The van der Waals surface area contributed by atoms with Crippen LogP contribution in [-0.4, -0.2) is 38.6 Å². The van der Waals surface area contributed by atoms with Gasteiger partial charge in [-0.15, -0.1) is 0 Å². The molecule has 0 aliphatic heterocycles. The molecule has 1 amide bonds. The molecule has 1 unspecified atom stereocenters. The summed E-state index contributed by atoms with van der Waals surface area (Å²) < 4.78 is 1.96. The average molecular weight is 519 g/mol. The van der Waals surface area contributed by atoms with E-state index in [2.05, 4.69) is 15.6 Å². The second-order valence-electron chi connectivity index (χ2n) is 9.58. The van der Waals surface area contributed by atoms with E-state index in [0.717, 1.165) is 21.9 Å². The van der Waals surface area contributed by atoms with Gasteiger partial charge in [0.2, 0.25) is 5.91 Å². The van der Waals surface area contributed by atoms with Gasteiger partial charge in [0.25, 0.3) is 0 Å². The molecule has 0 radical (unpaired) electrons. The Kier molecular flexibility index (Phi) is 8.09. The van der Waals surface area contributed by atoms with Crippen LogP contribution in [0.5, 0.6) is 0 Å². The predicted octanol–water partition coefficient (Wildman–Crippen LogP) is 4.92. The van der Waals surface area contributed by atoms with Crippen molar-refractivity contribution in [3.8, 4) is 0 Å². The fraction of sp³-hybridized carbons (Fsp3) is 0.156. The molecule has 0 spiro atoms. The van der Waals surface area contributed by atoms with E-state index in [4.69, 9.17) is 0 Å². The summed E-state index contributed by atoms with van der Waals surface area (Å²) in [5.74, 6) is -1.33. The lowest BCUT2D eigenvalue weighted by Crippen LogP contribution is -2.51. The first-order valence-electron chi connectivity index (χ1n) is 12.9. The van der Waals surface area contributed by atoms with Crippen LogP contribution in [0.4, 0.5) is 5.69 Å². The van der Waals surface area contributed by atoms with Crippen LogP contribution < -0.4 is 10.6 Å². The van der Waals surface area contributed by atoms with E-state index in [-0.39, 0.29) is 18.7 Å². The van der Waals surface area contributed by atoms with Gasteiger partial charge in [-0.25, -0.2) is 4.98 Å². The lowest BCUT2D eigenvalue weighted by atomic mass is 10.0. The van der Waals surface area contributed by atoms with Gasteiger partial charge in [0, 0.05) is 24.8 Å². The van der Waals surface area contributed by atoms with Crippen molar-refractivity contribution in [2.24, 2.45) is 0 Å². The van der Waals surface area contributed by atoms with Crippen LogP contribution in [0.2, 0.25) is 0 Å². The first kappa shape index (κ1) is 25.9. The largest absolute Gasteiger partial charge is 0.480 e. The van der Waals surface area contributed by atoms with Crippen LogP contribution in [0.1, 0.15) is 16.8 Å². The number of hydrogen-bond acceptors (Lipinski definition) is 4. The van der Waals surface area contributed by atoms with Crippen molar-refractivity contribution in [2.75, 3.05) is 5.32 Å². The van der Waals surface area contributed by atoms with E-state index in [0.29, 0.717) is 17.9 Å². The van der Waals surface area contributed by atoms with E-state index in [1.807, 2.05) is 114 Å². The molecule has 0 aliphatic carbocycles. The second-order valence-corrected chi connectivity index (χ2v) is 9.58. The molecular formula is C32H30N4O3. The molecule has 196 valence electrons. The molecule has 0 saturated heterocycles. The molecule has 0 fully saturated rings. The topological polar surface area (TPSA) is 96.2 Å². The Morgan fingerprint density at radius 2 is 1.44 bits per heavy atom. The molecule has 3 N–H and O–H groups in total. The van der Waals surface area contributed by atoms with Crippen molar-refractivity contribution in [2.45, 2.75) is 31.5 Å². The predicted molar refractivity (Wildman–Crippen MR) is 153 cm³/mol. The van der Waals surface area contributed by atoms with Gasteiger partial charge in [-0.2, -0.15) is 0 Å². The molecule has 0 bridgehead atoms. The van der Waals surface area contributed by atoms with Crippen molar-refractivity contribution in [1.29, 1.82) is 0 Å². The van der Waals surface area contributed by atoms with Crippen molar-refractivity contribution in [3.63, 3.8) is 0 Å². The first-order chi connectivity index (χ1) is 19.0. The maximum atomic E-state index is 13.6. The number of carboxylic acids is 1. The fourth-order valence-electron chi connectivity index (χ4n) is 4.64. The molecule has 39 heavy (non-hydrogen) atoms. The number of carboxylic acid groups (broad SMARTS) is 1. The van der Waals surface area contributed by atoms with Crippen LogP contribution in [0.25, 0.3) is 10.8 Å². The number of fused-ring (bicyclic) bond motifs is 1. The minimum absolute atomic E-state index is 0.236. The van der Waals surface area contributed by atoms with Crippen LogP contribution in [0.3, 0.4) is 0 Å². The average Bonchev–Trinajstić information content (AvgIpc) is 3.39. The van der Waals surface area contributed by atoms with Crippen LogP contribution >= 0.6 is 0 Å². The quantitative estimate of drug-likeness (QED) is 0.231. The number of hydrogen-bond donors (Lipinski definition) is 3. The van der Waals surface area contributed by atoms with Crippen molar-refractivity contribution in [1.82, 2.24) is 14.9 Å². The van der Waals surface area contributed by atoms with Gasteiger partial charge in [-0.3, -0.25) is 14.9 Å². The summed E-state index contributed by atoms with van der Waals surface area (Å²) in [5.41, 5.74) is 3.35. The Balaban J connectivity index is 1.36. The molecule has 1 aromatic heterocycles. The number of aromatic nitrogens is 2. The number of carbonyl (C=O) groups is 2. The summed E-state index contributed by atoms with van der Waals surface area (Å²) in [4.78, 5) is 30.3. The SMILES string of the molecule is O=C(O)C(Cc1ccccc1)N[C@@H](Cc1cn(Cc2ccccc2)cn1)C(=O)Nc1ccc2ccccc2c1. The van der Waals surface area contributed by atoms with Gasteiger partial charge in [0.1, 0.15) is 6.04 Å². The van der Waals surface area contributed by atoms with E-state index in [9.17, 15) is 14.7 Å². The van der Waals surface area contributed by atoms with Gasteiger partial charge in [-0.05, 0) is 40.5 Å². The zero-order valence-corrected chi connectivity index (χ0v) is 21.4. The number of nitrogens with one attached hydrogen (secondary N) is 2. The highest BCUT2D eigenvalue weighted by molar-refractivity contribution is 5.97. The van der Waals surface area contributed by atoms with Gasteiger partial charge >= 0.3 is 5.97 Å². The normalized spacial score (nSPS) is 12.6. The third kappa shape index (κ3) is 6.97. The van der Waals surface area contributed by atoms with Crippen molar-refractivity contribution in [3.05, 3.63) is 132 Å². The van der Waals surface area contributed by atoms with Crippen molar-refractivity contribution >= 4 is 28.3 Å². The standard InChI is InChI=1S/C32H30N4O3/c37-31(34-27-16-15-25-13-7-8-14-26(25)18-27)29(35-30(32(38)39)17-23-9-3-1-4-10-23)19-28-21-36(22-33-28)20-24-11-5-2-6-12-24/h1-16,18,21-22,29-30,35H,17,19-20H2,(H,34,37)(H,38,39)/t29-,30?/m0/s1. The smallest absolute Gasteiger partial charge is 0.321 e. The number of benzene rings is 4. The monoisotopic (exact) mass is 518 g/mol. The van der Waals surface area contributed by atoms with E-state index in [1.54, 1.807) is 6.33 Å². The van der Waals surface area contributed by atoms with Crippen LogP contribution in [-0.2, 0) is 29.0 Å². The lowest BCUT2D eigenvalue weighted by molar-refractivity contribution is -0.139. The van der Waals surface area contributed by atoms with Gasteiger partial charge in [0.15, 0.2) is 0 Å². The summed E-state index contributed by atoms with van der Waals surface area (Å²) in [6.07, 6.45) is 4.12. The number of rotatable bonds is 11. The lowest BCUT2D eigenvalue weighted by Gasteiger charge is -2.23. The highest BCUT2D eigenvalue weighted by atomic mass is 16.4. The van der Waals surface area contributed by atoms with Gasteiger partial charge in [0.05, 0.1) is 18.1 Å². The summed E-state index contributed by atoms with van der Waals surface area (Å²) in [7, 11) is 0. The Morgan fingerprint density at radius 1 is 0.769 bits per heavy atom. The molecule has 5 rings (SSSR count).